The molecule has 80 valence electrons. The number of hydrogen-bond acceptors (Lipinski definition) is 3. The normalized spacial score (nSPS) is 12.2. The molecule has 0 saturated carbocycles. The fourth-order valence-corrected chi connectivity index (χ4v) is 2.24. The topological polar surface area (TPSA) is 73.3 Å². The maximum atomic E-state index is 11.3. The first-order chi connectivity index (χ1) is 6.91. The summed E-state index contributed by atoms with van der Waals surface area (Å²) in [5.74, 6) is 0.709. The highest BCUT2D eigenvalue weighted by Gasteiger charge is 2.17. The smallest absolute Gasteiger partial charge is 0.241 e. The molecule has 0 spiro atoms. The number of benzene rings is 1. The van der Waals surface area contributed by atoms with Crippen LogP contribution in [0.4, 0.5) is 0 Å². The Kier molecular flexibility index (Phi) is 2.09. The van der Waals surface area contributed by atoms with E-state index in [2.05, 4.69) is 0 Å². The molecule has 1 aromatic heterocycles. The summed E-state index contributed by atoms with van der Waals surface area (Å²) >= 11 is 0. The molecule has 0 atom stereocenters. The number of sulfonamides is 1. The van der Waals surface area contributed by atoms with Gasteiger partial charge in [-0.1, -0.05) is 12.1 Å². The van der Waals surface area contributed by atoms with Crippen molar-refractivity contribution in [2.75, 3.05) is 0 Å². The van der Waals surface area contributed by atoms with E-state index in [1.807, 2.05) is 13.0 Å². The van der Waals surface area contributed by atoms with Crippen LogP contribution in [0.1, 0.15) is 11.3 Å². The summed E-state index contributed by atoms with van der Waals surface area (Å²) < 4.78 is 28.0. The summed E-state index contributed by atoms with van der Waals surface area (Å²) in [7, 11) is -3.73. The van der Waals surface area contributed by atoms with Gasteiger partial charge < -0.3 is 4.42 Å². The Labute approximate surface area is 87.7 Å². The van der Waals surface area contributed by atoms with Gasteiger partial charge in [-0.2, -0.15) is 0 Å². The van der Waals surface area contributed by atoms with Crippen LogP contribution in [0, 0.1) is 13.8 Å². The summed E-state index contributed by atoms with van der Waals surface area (Å²) in [4.78, 5) is 0.0381. The molecule has 5 heteroatoms. The van der Waals surface area contributed by atoms with Crippen molar-refractivity contribution in [1.82, 2.24) is 0 Å². The second kappa shape index (κ2) is 3.08. The average molecular weight is 225 g/mol. The number of para-hydroxylation sites is 1. The zero-order valence-electron chi connectivity index (χ0n) is 8.44. The van der Waals surface area contributed by atoms with Crippen molar-refractivity contribution in [2.24, 2.45) is 5.14 Å². The van der Waals surface area contributed by atoms with E-state index in [1.165, 1.54) is 6.07 Å². The van der Waals surface area contributed by atoms with Crippen LogP contribution in [0.2, 0.25) is 0 Å². The predicted molar refractivity (Wildman–Crippen MR) is 57.1 cm³/mol. The molecule has 0 saturated heterocycles. The fraction of sp³-hybridized carbons (Fsp3) is 0.200. The first-order valence-electron chi connectivity index (χ1n) is 4.43. The van der Waals surface area contributed by atoms with E-state index < -0.39 is 10.0 Å². The van der Waals surface area contributed by atoms with Crippen LogP contribution >= 0.6 is 0 Å². The Balaban J connectivity index is 2.96. The summed E-state index contributed by atoms with van der Waals surface area (Å²) in [6, 6.07) is 4.92. The Hall–Kier alpha value is -1.33. The molecule has 1 heterocycles. The van der Waals surface area contributed by atoms with Gasteiger partial charge in [0.25, 0.3) is 0 Å². The lowest BCUT2D eigenvalue weighted by Gasteiger charge is -1.98. The van der Waals surface area contributed by atoms with Gasteiger partial charge in [-0.15, -0.1) is 0 Å². The van der Waals surface area contributed by atoms with Crippen molar-refractivity contribution in [3.05, 3.63) is 29.5 Å². The summed E-state index contributed by atoms with van der Waals surface area (Å²) in [6.45, 7) is 3.68. The average Bonchev–Trinajstić information content (AvgIpc) is 2.41. The molecule has 15 heavy (non-hydrogen) atoms. The summed E-state index contributed by atoms with van der Waals surface area (Å²) in [5.41, 5.74) is 1.28. The molecular weight excluding hydrogens is 214 g/mol. The molecule has 0 radical (unpaired) electrons. The van der Waals surface area contributed by atoms with E-state index in [0.717, 1.165) is 10.9 Å². The van der Waals surface area contributed by atoms with Crippen molar-refractivity contribution in [1.29, 1.82) is 0 Å². The summed E-state index contributed by atoms with van der Waals surface area (Å²) in [6.07, 6.45) is 0. The third kappa shape index (κ3) is 1.53. The van der Waals surface area contributed by atoms with Crippen LogP contribution in [0.25, 0.3) is 11.0 Å². The van der Waals surface area contributed by atoms with Gasteiger partial charge in [0.1, 0.15) is 10.7 Å². The largest absolute Gasteiger partial charge is 0.460 e. The third-order valence-corrected chi connectivity index (χ3v) is 3.41. The number of nitrogens with two attached hydrogens (primary N) is 1. The molecule has 0 amide bonds. The number of primary sulfonamides is 1. The molecule has 1 aromatic carbocycles. The van der Waals surface area contributed by atoms with Gasteiger partial charge in [-0.25, -0.2) is 13.6 Å². The minimum absolute atomic E-state index is 0.0381. The fourth-order valence-electron chi connectivity index (χ4n) is 1.56. The number of fused-ring (bicyclic) bond motifs is 1. The van der Waals surface area contributed by atoms with E-state index in [-0.39, 0.29) is 4.90 Å². The van der Waals surface area contributed by atoms with Gasteiger partial charge in [-0.3, -0.25) is 0 Å². The third-order valence-electron chi connectivity index (χ3n) is 2.47. The maximum Gasteiger partial charge on any atom is 0.241 e. The highest BCUT2D eigenvalue weighted by atomic mass is 32.2. The monoisotopic (exact) mass is 225 g/mol. The van der Waals surface area contributed by atoms with E-state index in [0.29, 0.717) is 11.3 Å². The van der Waals surface area contributed by atoms with Gasteiger partial charge in [0, 0.05) is 5.39 Å². The van der Waals surface area contributed by atoms with E-state index in [9.17, 15) is 8.42 Å². The molecule has 0 unspecified atom stereocenters. The Morgan fingerprint density at radius 1 is 1.27 bits per heavy atom. The first-order valence-corrected chi connectivity index (χ1v) is 5.97. The zero-order valence-corrected chi connectivity index (χ0v) is 9.26. The van der Waals surface area contributed by atoms with Crippen LogP contribution in [-0.4, -0.2) is 8.42 Å². The molecule has 0 bridgehead atoms. The van der Waals surface area contributed by atoms with Crippen molar-refractivity contribution < 1.29 is 12.8 Å². The number of rotatable bonds is 1. The van der Waals surface area contributed by atoms with Gasteiger partial charge in [-0.05, 0) is 25.5 Å². The van der Waals surface area contributed by atoms with Crippen molar-refractivity contribution in [2.45, 2.75) is 18.7 Å². The van der Waals surface area contributed by atoms with Crippen molar-refractivity contribution in [3.8, 4) is 0 Å². The van der Waals surface area contributed by atoms with Crippen molar-refractivity contribution in [3.63, 3.8) is 0 Å². The van der Waals surface area contributed by atoms with Crippen molar-refractivity contribution >= 4 is 21.0 Å². The number of aryl methyl sites for hydroxylation is 2. The number of furan rings is 1. The standard InChI is InChI=1S/C10H11NO3S/c1-6-7(2)14-10-8(6)4-3-5-9(10)15(11,12)13/h3-5H,1-2H3,(H2,11,12,13). The van der Waals surface area contributed by atoms with E-state index in [4.69, 9.17) is 9.56 Å². The lowest BCUT2D eigenvalue weighted by Crippen LogP contribution is -2.12. The van der Waals surface area contributed by atoms with Gasteiger partial charge in [0.2, 0.25) is 10.0 Å². The SMILES string of the molecule is Cc1oc2c(S(N)(=O)=O)cccc2c1C. The highest BCUT2D eigenvalue weighted by molar-refractivity contribution is 7.89. The first kappa shape index (κ1) is 10.2. The quantitative estimate of drug-likeness (QED) is 0.802. The van der Waals surface area contributed by atoms with Crippen LogP contribution < -0.4 is 5.14 Å². The van der Waals surface area contributed by atoms with E-state index in [1.54, 1.807) is 13.0 Å². The van der Waals surface area contributed by atoms with Crippen LogP contribution in [-0.2, 0) is 10.0 Å². The van der Waals surface area contributed by atoms with Crippen LogP contribution in [0.15, 0.2) is 27.5 Å². The molecule has 0 aliphatic heterocycles. The second-order valence-corrected chi connectivity index (χ2v) is 4.99. The predicted octanol–water partition coefficient (Wildman–Crippen LogP) is 1.70. The molecule has 2 rings (SSSR count). The molecule has 0 fully saturated rings. The minimum Gasteiger partial charge on any atom is -0.460 e. The Morgan fingerprint density at radius 3 is 2.53 bits per heavy atom. The number of hydrogen-bond donors (Lipinski definition) is 1. The second-order valence-electron chi connectivity index (χ2n) is 3.46. The Morgan fingerprint density at radius 2 is 1.93 bits per heavy atom. The summed E-state index contributed by atoms with van der Waals surface area (Å²) in [5, 5.41) is 5.89. The molecule has 0 aliphatic rings. The lowest BCUT2D eigenvalue weighted by molar-refractivity contribution is 0.562. The van der Waals surface area contributed by atoms with E-state index >= 15 is 0 Å². The zero-order chi connectivity index (χ0) is 11.2. The molecule has 2 aromatic rings. The van der Waals surface area contributed by atoms with Crippen LogP contribution in [0.3, 0.4) is 0 Å². The molecule has 4 nitrogen and oxygen atoms in total. The highest BCUT2D eigenvalue weighted by Crippen LogP contribution is 2.29. The Bertz CT molecular complexity index is 625. The maximum absolute atomic E-state index is 11.3. The molecule has 2 N–H and O–H groups in total. The lowest BCUT2D eigenvalue weighted by atomic mass is 10.1. The van der Waals surface area contributed by atoms with Gasteiger partial charge >= 0.3 is 0 Å². The van der Waals surface area contributed by atoms with Crippen LogP contribution in [0.5, 0.6) is 0 Å². The van der Waals surface area contributed by atoms with Gasteiger partial charge in [0.05, 0.1) is 0 Å². The minimum atomic E-state index is -3.73. The molecule has 0 aliphatic carbocycles. The molecular formula is C10H11NO3S. The van der Waals surface area contributed by atoms with Gasteiger partial charge in [0.15, 0.2) is 5.58 Å².